The van der Waals surface area contributed by atoms with Crippen LogP contribution in [0.5, 0.6) is 0 Å². The summed E-state index contributed by atoms with van der Waals surface area (Å²) in [5.41, 5.74) is 9.52. The van der Waals surface area contributed by atoms with Gasteiger partial charge in [0.15, 0.2) is 0 Å². The van der Waals surface area contributed by atoms with Crippen LogP contribution in [0.4, 0.5) is 0 Å². The molecule has 3 amide bonds. The molecule has 0 aliphatic carbocycles. The van der Waals surface area contributed by atoms with Crippen LogP contribution in [0.25, 0.3) is 10.4 Å². The highest BCUT2D eigenvalue weighted by Crippen LogP contribution is 2.28. The number of nitrogens with two attached hydrogens (primary N) is 1. The van der Waals surface area contributed by atoms with Crippen molar-refractivity contribution in [2.24, 2.45) is 11.1 Å². The first-order chi connectivity index (χ1) is 17.5. The van der Waals surface area contributed by atoms with E-state index in [0.29, 0.717) is 0 Å². The van der Waals surface area contributed by atoms with Crippen LogP contribution in [-0.2, 0) is 25.7 Å². The molecule has 39 heavy (non-hydrogen) atoms. The number of β-amino-alcohol motifs (C(OH)–C–C–N with tert-alkyl or cyclic N) is 1. The third-order valence-corrected chi connectivity index (χ3v) is 7.18. The van der Waals surface area contributed by atoms with Gasteiger partial charge in [0, 0.05) is 26.1 Å². The fourth-order valence-corrected chi connectivity index (χ4v) is 5.04. The summed E-state index contributed by atoms with van der Waals surface area (Å²) in [7, 11) is 0. The standard InChI is InChI=1S/C26H37N5O5S.2ClH/c1-16-22(37-15-29-16)18-7-5-17(6-8-18)12-28-24(34)20-11-19(32)13-31(20)25(35)23(26(2,3)4)30-21(33)14-36-10-9-27;;/h5-8,15,19-20,23,32H,9-14,27H2,1-4H3,(H,28,34)(H,30,33);2*1H/t19-,20+,23-;;/m1../s1. The van der Waals surface area contributed by atoms with Crippen LogP contribution in [0.1, 0.15) is 38.4 Å². The fraction of sp³-hybridized carbons (Fsp3) is 0.538. The number of carbonyl (C=O) groups is 3. The molecule has 0 saturated carbocycles. The number of aliphatic hydroxyl groups excluding tert-OH is 1. The highest BCUT2D eigenvalue weighted by molar-refractivity contribution is 7.13. The van der Waals surface area contributed by atoms with Crippen molar-refractivity contribution in [3.63, 3.8) is 0 Å². The zero-order valence-electron chi connectivity index (χ0n) is 22.6. The lowest BCUT2D eigenvalue weighted by Crippen LogP contribution is -2.58. The number of aliphatic hydroxyl groups is 1. The van der Waals surface area contributed by atoms with Crippen molar-refractivity contribution in [2.75, 3.05) is 26.3 Å². The summed E-state index contributed by atoms with van der Waals surface area (Å²) >= 11 is 1.58. The van der Waals surface area contributed by atoms with Crippen LogP contribution in [0.15, 0.2) is 29.8 Å². The van der Waals surface area contributed by atoms with Crippen LogP contribution in [0, 0.1) is 12.3 Å². The van der Waals surface area contributed by atoms with Gasteiger partial charge in [-0.1, -0.05) is 45.0 Å². The number of aryl methyl sites for hydroxylation is 1. The van der Waals surface area contributed by atoms with E-state index in [0.717, 1.165) is 21.7 Å². The van der Waals surface area contributed by atoms with Gasteiger partial charge in [-0.3, -0.25) is 14.4 Å². The molecule has 1 aromatic heterocycles. The third kappa shape index (κ3) is 9.40. The molecule has 0 bridgehead atoms. The van der Waals surface area contributed by atoms with Gasteiger partial charge in [-0.2, -0.15) is 0 Å². The number of amides is 3. The number of nitrogens with one attached hydrogen (secondary N) is 2. The Balaban J connectivity index is 0.00000380. The van der Waals surface area contributed by atoms with Gasteiger partial charge in [-0.05, 0) is 23.5 Å². The maximum atomic E-state index is 13.5. The number of benzene rings is 1. The monoisotopic (exact) mass is 603 g/mol. The van der Waals surface area contributed by atoms with E-state index in [1.165, 1.54) is 4.90 Å². The Morgan fingerprint density at radius 3 is 2.46 bits per heavy atom. The molecule has 10 nitrogen and oxygen atoms in total. The van der Waals surface area contributed by atoms with Crippen molar-refractivity contribution < 1.29 is 24.2 Å². The molecule has 0 spiro atoms. The molecule has 218 valence electrons. The number of hydrogen-bond acceptors (Lipinski definition) is 8. The molecule has 1 aliphatic rings. The largest absolute Gasteiger partial charge is 0.391 e. The predicted octanol–water partition coefficient (Wildman–Crippen LogP) is 2.05. The van der Waals surface area contributed by atoms with Gasteiger partial charge in [0.2, 0.25) is 17.7 Å². The topological polar surface area (TPSA) is 147 Å². The summed E-state index contributed by atoms with van der Waals surface area (Å²) in [6.45, 7) is 8.06. The molecule has 3 rings (SSSR count). The lowest BCUT2D eigenvalue weighted by molar-refractivity contribution is -0.144. The second-order valence-electron chi connectivity index (χ2n) is 10.3. The molecule has 3 atom stereocenters. The van der Waals surface area contributed by atoms with Crippen LogP contribution in [0.2, 0.25) is 0 Å². The second kappa shape index (κ2) is 15.5. The van der Waals surface area contributed by atoms with Crippen molar-refractivity contribution in [1.82, 2.24) is 20.5 Å². The normalized spacial score (nSPS) is 17.5. The van der Waals surface area contributed by atoms with Crippen LogP contribution < -0.4 is 16.4 Å². The minimum atomic E-state index is -0.898. The first kappa shape index (κ1) is 34.7. The summed E-state index contributed by atoms with van der Waals surface area (Å²) in [4.78, 5) is 45.8. The average molecular weight is 605 g/mol. The first-order valence-electron chi connectivity index (χ1n) is 12.3. The first-order valence-corrected chi connectivity index (χ1v) is 13.2. The Labute approximate surface area is 245 Å². The lowest BCUT2D eigenvalue weighted by atomic mass is 9.85. The third-order valence-electron chi connectivity index (χ3n) is 6.21. The van der Waals surface area contributed by atoms with E-state index in [1.54, 1.807) is 11.3 Å². The minimum absolute atomic E-state index is 0. The highest BCUT2D eigenvalue weighted by atomic mass is 35.5. The Hall–Kier alpha value is -2.28. The molecule has 1 aromatic carbocycles. The molecule has 2 heterocycles. The number of thiazole rings is 1. The highest BCUT2D eigenvalue weighted by Gasteiger charge is 2.44. The quantitative estimate of drug-likeness (QED) is 0.304. The molecule has 1 aliphatic heterocycles. The number of hydrogen-bond donors (Lipinski definition) is 4. The lowest BCUT2D eigenvalue weighted by Gasteiger charge is -2.35. The van der Waals surface area contributed by atoms with E-state index >= 15 is 0 Å². The van der Waals surface area contributed by atoms with Crippen LogP contribution in [-0.4, -0.2) is 77.2 Å². The Kier molecular flexibility index (Phi) is 13.8. The predicted molar refractivity (Wildman–Crippen MR) is 156 cm³/mol. The van der Waals surface area contributed by atoms with Gasteiger partial charge in [-0.15, -0.1) is 36.2 Å². The molecule has 0 unspecified atom stereocenters. The molecular formula is C26H39Cl2N5O5S. The maximum absolute atomic E-state index is 13.5. The molecule has 0 radical (unpaired) electrons. The van der Waals surface area contributed by atoms with Crippen molar-refractivity contribution >= 4 is 53.9 Å². The number of aromatic nitrogens is 1. The molecule has 1 fully saturated rings. The van der Waals surface area contributed by atoms with E-state index in [-0.39, 0.29) is 70.0 Å². The molecular weight excluding hydrogens is 565 g/mol. The number of carbonyl (C=O) groups excluding carboxylic acids is 3. The van der Waals surface area contributed by atoms with E-state index in [2.05, 4.69) is 15.6 Å². The SMILES string of the molecule is Cc1ncsc1-c1ccc(CNC(=O)[C@@H]2C[C@@H](O)CN2C(=O)[C@@H](NC(=O)COCCN)C(C)(C)C)cc1.Cl.Cl. The summed E-state index contributed by atoms with van der Waals surface area (Å²) < 4.78 is 5.18. The number of halogens is 2. The smallest absolute Gasteiger partial charge is 0.246 e. The van der Waals surface area contributed by atoms with Gasteiger partial charge in [-0.25, -0.2) is 4.98 Å². The number of nitrogens with zero attached hydrogens (tertiary/aromatic N) is 2. The number of likely N-dealkylation sites (tertiary alicyclic amines) is 1. The van der Waals surface area contributed by atoms with Crippen molar-refractivity contribution in [1.29, 1.82) is 0 Å². The average Bonchev–Trinajstić information content (AvgIpc) is 3.46. The molecule has 1 saturated heterocycles. The Morgan fingerprint density at radius 1 is 1.23 bits per heavy atom. The van der Waals surface area contributed by atoms with Gasteiger partial charge < -0.3 is 31.1 Å². The number of rotatable bonds is 10. The second-order valence-corrected chi connectivity index (χ2v) is 11.1. The summed E-state index contributed by atoms with van der Waals surface area (Å²) in [5.74, 6) is -1.21. The summed E-state index contributed by atoms with van der Waals surface area (Å²) in [6, 6.07) is 6.13. The number of ether oxygens (including phenoxy) is 1. The zero-order chi connectivity index (χ0) is 27.2. The van der Waals surface area contributed by atoms with E-state index < -0.39 is 35.4 Å². The summed E-state index contributed by atoms with van der Waals surface area (Å²) in [6.07, 6.45) is -0.697. The molecule has 13 heteroatoms. The fourth-order valence-electron chi connectivity index (χ4n) is 4.23. The van der Waals surface area contributed by atoms with Crippen molar-refractivity contribution in [2.45, 2.75) is 58.8 Å². The van der Waals surface area contributed by atoms with Crippen LogP contribution in [0.3, 0.4) is 0 Å². The zero-order valence-corrected chi connectivity index (χ0v) is 25.1. The van der Waals surface area contributed by atoms with Crippen molar-refractivity contribution in [3.8, 4) is 10.4 Å². The minimum Gasteiger partial charge on any atom is -0.391 e. The summed E-state index contributed by atoms with van der Waals surface area (Å²) in [5, 5.41) is 15.9. The molecule has 5 N–H and O–H groups in total. The molecule has 2 aromatic rings. The van der Waals surface area contributed by atoms with Gasteiger partial charge in [0.25, 0.3) is 0 Å². The van der Waals surface area contributed by atoms with E-state index in [1.807, 2.05) is 57.5 Å². The van der Waals surface area contributed by atoms with Gasteiger partial charge in [0.05, 0.1) is 28.8 Å². The van der Waals surface area contributed by atoms with E-state index in [9.17, 15) is 19.5 Å². The Bertz CT molecular complexity index is 1090. The van der Waals surface area contributed by atoms with Crippen molar-refractivity contribution in [3.05, 3.63) is 41.0 Å². The Morgan fingerprint density at radius 2 is 1.90 bits per heavy atom. The van der Waals surface area contributed by atoms with Gasteiger partial charge in [0.1, 0.15) is 18.7 Å². The maximum Gasteiger partial charge on any atom is 0.246 e. The van der Waals surface area contributed by atoms with E-state index in [4.69, 9.17) is 10.5 Å². The van der Waals surface area contributed by atoms with Gasteiger partial charge >= 0.3 is 0 Å². The van der Waals surface area contributed by atoms with Crippen LogP contribution >= 0.6 is 36.2 Å².